The van der Waals surface area contributed by atoms with E-state index in [0.29, 0.717) is 35.5 Å². The maximum Gasteiger partial charge on any atom is 0.330 e. The lowest BCUT2D eigenvalue weighted by Crippen LogP contribution is -2.46. The van der Waals surface area contributed by atoms with Gasteiger partial charge in [0.15, 0.2) is 0 Å². The van der Waals surface area contributed by atoms with Crippen LogP contribution in [0.3, 0.4) is 0 Å². The van der Waals surface area contributed by atoms with E-state index in [1.54, 1.807) is 18.2 Å². The summed E-state index contributed by atoms with van der Waals surface area (Å²) < 4.78 is 4.63. The summed E-state index contributed by atoms with van der Waals surface area (Å²) in [5.41, 5.74) is 9.24. The van der Waals surface area contributed by atoms with Gasteiger partial charge in [0.05, 0.1) is 23.9 Å². The lowest BCUT2D eigenvalue weighted by atomic mass is 9.94. The van der Waals surface area contributed by atoms with Gasteiger partial charge in [-0.1, -0.05) is 0 Å². The van der Waals surface area contributed by atoms with Crippen molar-refractivity contribution in [1.29, 1.82) is 0 Å². The van der Waals surface area contributed by atoms with Crippen molar-refractivity contribution in [2.24, 2.45) is 0 Å². The van der Waals surface area contributed by atoms with Crippen molar-refractivity contribution in [3.63, 3.8) is 0 Å². The standard InChI is InChI=1S/C25H23N5O5/c1-35-19(31)5-3-13-11-16(20-21(22(13)26)24(33)29-23(20)32)18-12-15-10-14(2-4-17(15)28-18)25(34)30-8-6-27-7-9-30/h2-5,10-12,27-28H,6-9,26H2,1H3,(H,29,32,33). The van der Waals surface area contributed by atoms with Crippen LogP contribution >= 0.6 is 0 Å². The number of hydrogen-bond donors (Lipinski definition) is 4. The molecule has 10 heteroatoms. The Hall–Kier alpha value is -4.44. The van der Waals surface area contributed by atoms with Crippen molar-refractivity contribution in [3.8, 4) is 11.3 Å². The molecule has 2 aliphatic heterocycles. The van der Waals surface area contributed by atoms with E-state index >= 15 is 0 Å². The molecular weight excluding hydrogens is 450 g/mol. The lowest BCUT2D eigenvalue weighted by Gasteiger charge is -2.27. The molecule has 1 fully saturated rings. The minimum atomic E-state index is -0.600. The minimum Gasteiger partial charge on any atom is -0.466 e. The van der Waals surface area contributed by atoms with Gasteiger partial charge >= 0.3 is 5.97 Å². The number of aromatic nitrogens is 1. The Labute approximate surface area is 200 Å². The Kier molecular flexibility index (Phi) is 5.58. The van der Waals surface area contributed by atoms with Crippen LogP contribution in [-0.4, -0.2) is 66.9 Å². The summed E-state index contributed by atoms with van der Waals surface area (Å²) in [5.74, 6) is -1.77. The van der Waals surface area contributed by atoms with Crippen LogP contribution in [-0.2, 0) is 9.53 Å². The Balaban J connectivity index is 1.60. The van der Waals surface area contributed by atoms with Gasteiger partial charge < -0.3 is 25.7 Å². The smallest absolute Gasteiger partial charge is 0.330 e. The fraction of sp³-hybridized carbons (Fsp3) is 0.200. The zero-order chi connectivity index (χ0) is 24.7. The number of carbonyl (C=O) groups is 4. The van der Waals surface area contributed by atoms with Gasteiger partial charge in [0.2, 0.25) is 0 Å². The molecule has 1 aromatic heterocycles. The minimum absolute atomic E-state index is 0.0373. The maximum atomic E-state index is 12.9. The highest BCUT2D eigenvalue weighted by Gasteiger charge is 2.34. The van der Waals surface area contributed by atoms with Crippen LogP contribution in [0.5, 0.6) is 0 Å². The summed E-state index contributed by atoms with van der Waals surface area (Å²) in [4.78, 5) is 54.7. The molecule has 0 unspecified atom stereocenters. The highest BCUT2D eigenvalue weighted by Crippen LogP contribution is 2.37. The number of ether oxygens (including phenoxy) is 1. The third-order valence-electron chi connectivity index (χ3n) is 6.24. The van der Waals surface area contributed by atoms with Gasteiger partial charge in [-0.3, -0.25) is 19.7 Å². The van der Waals surface area contributed by atoms with E-state index in [4.69, 9.17) is 5.73 Å². The second kappa shape index (κ2) is 8.73. The van der Waals surface area contributed by atoms with Gasteiger partial charge in [0.1, 0.15) is 0 Å². The zero-order valence-corrected chi connectivity index (χ0v) is 18.9. The fourth-order valence-corrected chi connectivity index (χ4v) is 4.46. The fourth-order valence-electron chi connectivity index (χ4n) is 4.46. The molecule has 0 atom stereocenters. The molecule has 3 amide bonds. The van der Waals surface area contributed by atoms with Crippen molar-refractivity contribution in [2.45, 2.75) is 0 Å². The lowest BCUT2D eigenvalue weighted by molar-refractivity contribution is -0.134. The van der Waals surface area contributed by atoms with Gasteiger partial charge in [-0.15, -0.1) is 0 Å². The van der Waals surface area contributed by atoms with Crippen molar-refractivity contribution >= 4 is 46.4 Å². The van der Waals surface area contributed by atoms with Crippen LogP contribution in [0.1, 0.15) is 36.6 Å². The molecule has 0 radical (unpaired) electrons. The predicted octanol–water partition coefficient (Wildman–Crippen LogP) is 1.53. The largest absolute Gasteiger partial charge is 0.466 e. The normalized spacial score (nSPS) is 15.5. The Bertz CT molecular complexity index is 1430. The van der Waals surface area contributed by atoms with Crippen LogP contribution in [0.4, 0.5) is 5.69 Å². The van der Waals surface area contributed by atoms with E-state index in [1.165, 1.54) is 19.3 Å². The van der Waals surface area contributed by atoms with Crippen molar-refractivity contribution in [1.82, 2.24) is 20.5 Å². The number of nitrogens with zero attached hydrogens (tertiary/aromatic N) is 1. The number of anilines is 1. The number of nitrogen functional groups attached to an aromatic ring is 1. The number of nitrogens with two attached hydrogens (primary N) is 1. The molecule has 2 aromatic carbocycles. The number of benzene rings is 2. The molecule has 0 spiro atoms. The molecule has 0 saturated carbocycles. The van der Waals surface area contributed by atoms with Gasteiger partial charge in [-0.2, -0.15) is 0 Å². The van der Waals surface area contributed by atoms with E-state index in [2.05, 4.69) is 20.4 Å². The highest BCUT2D eigenvalue weighted by molar-refractivity contribution is 6.27. The van der Waals surface area contributed by atoms with Crippen LogP contribution in [0.15, 0.2) is 36.4 Å². The van der Waals surface area contributed by atoms with Crippen molar-refractivity contribution in [3.05, 3.63) is 58.7 Å². The molecule has 3 heterocycles. The number of methoxy groups -OCH3 is 1. The molecule has 2 aliphatic rings. The number of aromatic amines is 1. The third kappa shape index (κ3) is 3.93. The van der Waals surface area contributed by atoms with Crippen molar-refractivity contribution in [2.75, 3.05) is 39.0 Å². The van der Waals surface area contributed by atoms with Crippen LogP contribution in [0.25, 0.3) is 28.2 Å². The van der Waals surface area contributed by atoms with E-state index in [1.807, 2.05) is 17.0 Å². The Morgan fingerprint density at radius 2 is 1.80 bits per heavy atom. The first-order valence-electron chi connectivity index (χ1n) is 11.1. The SMILES string of the molecule is COC(=O)C=Cc1cc(-c2cc3cc(C(=O)N4CCNCC4)ccc3[nH]2)c2c(c1N)C(=O)NC2=O. The average molecular weight is 473 g/mol. The molecule has 0 bridgehead atoms. The summed E-state index contributed by atoms with van der Waals surface area (Å²) in [6.07, 6.45) is 2.63. The number of nitrogens with one attached hydrogen (secondary N) is 3. The molecule has 5 rings (SSSR count). The second-order valence-electron chi connectivity index (χ2n) is 8.34. The maximum absolute atomic E-state index is 12.9. The molecule has 0 aliphatic carbocycles. The van der Waals surface area contributed by atoms with Crippen LogP contribution in [0, 0.1) is 0 Å². The van der Waals surface area contributed by atoms with Gasteiger partial charge in [0.25, 0.3) is 17.7 Å². The van der Waals surface area contributed by atoms with Gasteiger partial charge in [-0.05, 0) is 42.0 Å². The quantitative estimate of drug-likeness (QED) is 0.194. The number of amides is 3. The number of H-pyrrole nitrogens is 1. The molecular formula is C25H23N5O5. The number of imide groups is 1. The third-order valence-corrected chi connectivity index (χ3v) is 6.24. The first-order chi connectivity index (χ1) is 16.9. The van der Waals surface area contributed by atoms with E-state index < -0.39 is 17.8 Å². The molecule has 5 N–H and O–H groups in total. The van der Waals surface area contributed by atoms with Gasteiger partial charge in [0, 0.05) is 60.0 Å². The summed E-state index contributed by atoms with van der Waals surface area (Å²) in [6.45, 7) is 2.83. The van der Waals surface area contributed by atoms with Gasteiger partial charge in [-0.25, -0.2) is 4.79 Å². The molecule has 178 valence electrons. The summed E-state index contributed by atoms with van der Waals surface area (Å²) >= 11 is 0. The molecule has 1 saturated heterocycles. The monoisotopic (exact) mass is 473 g/mol. The number of carbonyl (C=O) groups excluding carboxylic acids is 4. The van der Waals surface area contributed by atoms with Crippen LogP contribution < -0.4 is 16.4 Å². The average Bonchev–Trinajstić information content (AvgIpc) is 3.43. The number of rotatable bonds is 4. The van der Waals surface area contributed by atoms with E-state index in [-0.39, 0.29) is 22.7 Å². The number of fused-ring (bicyclic) bond motifs is 2. The topological polar surface area (TPSA) is 147 Å². The first kappa shape index (κ1) is 22.4. The highest BCUT2D eigenvalue weighted by atomic mass is 16.5. The number of esters is 1. The second-order valence-corrected chi connectivity index (χ2v) is 8.34. The number of piperazine rings is 1. The Morgan fingerprint density at radius 1 is 1.06 bits per heavy atom. The van der Waals surface area contributed by atoms with Crippen LogP contribution in [0.2, 0.25) is 0 Å². The summed E-state index contributed by atoms with van der Waals surface area (Å²) in [6, 6.07) is 8.85. The summed E-state index contributed by atoms with van der Waals surface area (Å²) in [7, 11) is 1.25. The number of hydrogen-bond acceptors (Lipinski definition) is 7. The molecule has 10 nitrogen and oxygen atoms in total. The van der Waals surface area contributed by atoms with Crippen molar-refractivity contribution < 1.29 is 23.9 Å². The Morgan fingerprint density at radius 3 is 2.54 bits per heavy atom. The predicted molar refractivity (Wildman–Crippen MR) is 130 cm³/mol. The van der Waals surface area contributed by atoms with E-state index in [9.17, 15) is 19.2 Å². The molecule has 35 heavy (non-hydrogen) atoms. The summed E-state index contributed by atoms with van der Waals surface area (Å²) in [5, 5.41) is 6.30. The first-order valence-corrected chi connectivity index (χ1v) is 11.1. The molecule has 3 aromatic rings. The zero-order valence-electron chi connectivity index (χ0n) is 18.9. The van der Waals surface area contributed by atoms with E-state index in [0.717, 1.165) is 24.0 Å².